The number of nitrogens with one attached hydrogen (secondary N) is 1. The zero-order valence-corrected chi connectivity index (χ0v) is 12.4. The largest absolute Gasteiger partial charge is 0.460 e. The Bertz CT molecular complexity index is 637. The average molecular weight is 405 g/mol. The number of halogens is 9. The van der Waals surface area contributed by atoms with E-state index in [4.69, 9.17) is 0 Å². The summed E-state index contributed by atoms with van der Waals surface area (Å²) >= 11 is 0. The molecule has 0 bridgehead atoms. The van der Waals surface area contributed by atoms with Crippen molar-refractivity contribution < 1.29 is 56.3 Å². The molecule has 0 aliphatic carbocycles. The van der Waals surface area contributed by atoms with Crippen LogP contribution in [0.15, 0.2) is 0 Å². The standard InChI is InChI=1S/C7H8F9NO4S2/c1-2-3-22(18,19)17-23(20,21)7(15,16)5(10,11)4(8,9)6(12,13)14/h17H,2-3H2,1H3. The third-order valence-electron chi connectivity index (χ3n) is 2.16. The first-order chi connectivity index (χ1) is 9.77. The van der Waals surface area contributed by atoms with Crippen molar-refractivity contribution in [3.63, 3.8) is 0 Å². The van der Waals surface area contributed by atoms with Gasteiger partial charge in [-0.05, 0) is 6.42 Å². The van der Waals surface area contributed by atoms with E-state index in [1.807, 2.05) is 0 Å². The van der Waals surface area contributed by atoms with E-state index in [-0.39, 0.29) is 4.13 Å². The lowest BCUT2D eigenvalue weighted by Crippen LogP contribution is -2.65. The van der Waals surface area contributed by atoms with Crippen molar-refractivity contribution in [2.45, 2.75) is 36.6 Å². The van der Waals surface area contributed by atoms with Crippen LogP contribution in [0, 0.1) is 0 Å². The molecule has 0 spiro atoms. The maximum absolute atomic E-state index is 13.1. The lowest BCUT2D eigenvalue weighted by Gasteiger charge is -2.32. The lowest BCUT2D eigenvalue weighted by atomic mass is 10.1. The Balaban J connectivity index is 6.07. The van der Waals surface area contributed by atoms with E-state index in [2.05, 4.69) is 0 Å². The molecule has 0 aliphatic heterocycles. The van der Waals surface area contributed by atoms with E-state index in [9.17, 15) is 56.3 Å². The van der Waals surface area contributed by atoms with Crippen molar-refractivity contribution in [1.82, 2.24) is 4.13 Å². The van der Waals surface area contributed by atoms with Crippen LogP contribution >= 0.6 is 0 Å². The van der Waals surface area contributed by atoms with Gasteiger partial charge < -0.3 is 0 Å². The first-order valence-electron chi connectivity index (χ1n) is 5.23. The maximum Gasteiger partial charge on any atom is 0.460 e. The topological polar surface area (TPSA) is 80.3 Å². The van der Waals surface area contributed by atoms with Crippen LogP contribution in [-0.4, -0.2) is 45.9 Å². The molecule has 0 fully saturated rings. The summed E-state index contributed by atoms with van der Waals surface area (Å²) in [6.07, 6.45) is -7.62. The van der Waals surface area contributed by atoms with Gasteiger partial charge in [0.25, 0.3) is 10.0 Å². The minimum atomic E-state index is -7.48. The number of hydrogen-bond donors (Lipinski definition) is 1. The van der Waals surface area contributed by atoms with Crippen LogP contribution in [0.4, 0.5) is 39.5 Å². The predicted molar refractivity (Wildman–Crippen MR) is 57.0 cm³/mol. The second kappa shape index (κ2) is 5.94. The smallest absolute Gasteiger partial charge is 0.211 e. The molecule has 140 valence electrons. The molecule has 0 radical (unpaired) electrons. The van der Waals surface area contributed by atoms with Crippen LogP contribution in [0.5, 0.6) is 0 Å². The molecule has 1 N–H and O–H groups in total. The van der Waals surface area contributed by atoms with Gasteiger partial charge in [-0.15, -0.1) is 4.13 Å². The summed E-state index contributed by atoms with van der Waals surface area (Å²) in [5, 5.41) is -7.08. The van der Waals surface area contributed by atoms with Gasteiger partial charge in [-0.2, -0.15) is 39.5 Å². The normalized spacial score (nSPS) is 15.7. The van der Waals surface area contributed by atoms with Gasteiger partial charge in [-0.1, -0.05) is 6.92 Å². The summed E-state index contributed by atoms with van der Waals surface area (Å²) in [6.45, 7) is 1.09. The van der Waals surface area contributed by atoms with E-state index in [1.165, 1.54) is 0 Å². The fraction of sp³-hybridized carbons (Fsp3) is 1.00. The molecule has 0 saturated carbocycles. The first kappa shape index (κ1) is 22.2. The second-order valence-electron chi connectivity index (χ2n) is 4.07. The molecule has 0 saturated heterocycles. The molecule has 0 aromatic carbocycles. The summed E-state index contributed by atoms with van der Waals surface area (Å²) in [5.41, 5.74) is 0. The van der Waals surface area contributed by atoms with Crippen LogP contribution in [0.3, 0.4) is 0 Å². The van der Waals surface area contributed by atoms with Gasteiger partial charge in [0.05, 0.1) is 5.75 Å². The predicted octanol–water partition coefficient (Wildman–Crippen LogP) is 2.07. The Morgan fingerprint density at radius 3 is 1.48 bits per heavy atom. The Morgan fingerprint density at radius 2 is 1.17 bits per heavy atom. The molecule has 0 heterocycles. The molecule has 0 rings (SSSR count). The van der Waals surface area contributed by atoms with Gasteiger partial charge in [-0.25, -0.2) is 16.8 Å². The number of rotatable bonds is 7. The van der Waals surface area contributed by atoms with Gasteiger partial charge in [0.1, 0.15) is 0 Å². The minimum absolute atomic E-state index is 0.0172. The highest BCUT2D eigenvalue weighted by atomic mass is 32.3. The molecule has 0 aliphatic rings. The number of hydrogen-bond acceptors (Lipinski definition) is 4. The molecule has 5 nitrogen and oxygen atoms in total. The third kappa shape index (κ3) is 3.84. The molecule has 0 aromatic heterocycles. The summed E-state index contributed by atoms with van der Waals surface area (Å²) in [7, 11) is -12.3. The Morgan fingerprint density at radius 1 is 0.783 bits per heavy atom. The third-order valence-corrected chi connectivity index (χ3v) is 5.93. The summed E-state index contributed by atoms with van der Waals surface area (Å²) < 4.78 is 156. The maximum atomic E-state index is 13.1. The Labute approximate surface area is 123 Å². The van der Waals surface area contributed by atoms with Crippen LogP contribution < -0.4 is 4.13 Å². The van der Waals surface area contributed by atoms with Crippen LogP contribution in [0.1, 0.15) is 13.3 Å². The van der Waals surface area contributed by atoms with Gasteiger partial charge in [-0.3, -0.25) is 0 Å². The van der Waals surface area contributed by atoms with E-state index >= 15 is 0 Å². The monoisotopic (exact) mass is 405 g/mol. The second-order valence-corrected chi connectivity index (χ2v) is 7.89. The van der Waals surface area contributed by atoms with Crippen molar-refractivity contribution in [3.8, 4) is 0 Å². The van der Waals surface area contributed by atoms with Crippen molar-refractivity contribution >= 4 is 20.0 Å². The van der Waals surface area contributed by atoms with E-state index < -0.39 is 55.5 Å². The zero-order valence-electron chi connectivity index (χ0n) is 10.8. The highest BCUT2D eigenvalue weighted by molar-refractivity contribution is 8.05. The molecular formula is C7H8F9NO4S2. The van der Waals surface area contributed by atoms with Crippen LogP contribution in [0.25, 0.3) is 0 Å². The molecule has 0 atom stereocenters. The molecule has 0 aromatic rings. The van der Waals surface area contributed by atoms with Gasteiger partial charge in [0.15, 0.2) is 0 Å². The van der Waals surface area contributed by atoms with Gasteiger partial charge >= 0.3 is 23.3 Å². The number of sulfonamides is 2. The Kier molecular flexibility index (Phi) is 5.75. The first-order valence-corrected chi connectivity index (χ1v) is 8.36. The van der Waals surface area contributed by atoms with Crippen molar-refractivity contribution in [1.29, 1.82) is 0 Å². The lowest BCUT2D eigenvalue weighted by molar-refractivity contribution is -0.382. The van der Waals surface area contributed by atoms with Crippen molar-refractivity contribution in [2.24, 2.45) is 0 Å². The van der Waals surface area contributed by atoms with Crippen molar-refractivity contribution in [3.05, 3.63) is 0 Å². The van der Waals surface area contributed by atoms with E-state index in [1.54, 1.807) is 0 Å². The molecule has 0 unspecified atom stereocenters. The minimum Gasteiger partial charge on any atom is -0.211 e. The summed E-state index contributed by atoms with van der Waals surface area (Å²) in [6, 6.07) is 0. The molecule has 0 amide bonds. The fourth-order valence-electron chi connectivity index (χ4n) is 1.06. The van der Waals surface area contributed by atoms with E-state index in [0.717, 1.165) is 6.92 Å². The van der Waals surface area contributed by atoms with Gasteiger partial charge in [0.2, 0.25) is 10.0 Å². The summed E-state index contributed by atoms with van der Waals surface area (Å²) in [5.74, 6) is -16.1. The Hall–Kier alpha value is -0.770. The zero-order chi connectivity index (χ0) is 19.1. The molecule has 23 heavy (non-hydrogen) atoms. The highest BCUT2D eigenvalue weighted by Gasteiger charge is 2.85. The average Bonchev–Trinajstić information content (AvgIpc) is 2.24. The van der Waals surface area contributed by atoms with Gasteiger partial charge in [0, 0.05) is 0 Å². The number of alkyl halides is 9. The highest BCUT2D eigenvalue weighted by Crippen LogP contribution is 2.54. The van der Waals surface area contributed by atoms with E-state index in [0.29, 0.717) is 0 Å². The SMILES string of the molecule is CCCS(=O)(=O)NS(=O)(=O)C(F)(F)C(F)(F)C(F)(F)C(F)(F)F. The molecule has 16 heteroatoms. The summed E-state index contributed by atoms with van der Waals surface area (Å²) in [4.78, 5) is 0. The van der Waals surface area contributed by atoms with Crippen LogP contribution in [0.2, 0.25) is 0 Å². The fourth-order valence-corrected chi connectivity index (χ4v) is 4.15. The quantitative estimate of drug-likeness (QED) is 0.658. The van der Waals surface area contributed by atoms with Crippen LogP contribution in [-0.2, 0) is 20.0 Å². The van der Waals surface area contributed by atoms with Crippen molar-refractivity contribution in [2.75, 3.05) is 5.75 Å². The molecular weight excluding hydrogens is 397 g/mol.